The number of rotatable bonds is 4. The van der Waals surface area contributed by atoms with Crippen LogP contribution < -0.4 is 11.1 Å². The van der Waals surface area contributed by atoms with Gasteiger partial charge in [-0.15, -0.1) is 12.4 Å². The first-order valence-corrected chi connectivity index (χ1v) is 7.13. The molecule has 0 radical (unpaired) electrons. The second-order valence-electron chi connectivity index (χ2n) is 5.13. The van der Waals surface area contributed by atoms with Gasteiger partial charge in [-0.25, -0.2) is 4.39 Å². The summed E-state index contributed by atoms with van der Waals surface area (Å²) in [5.41, 5.74) is 6.12. The topological polar surface area (TPSA) is 75.4 Å². The van der Waals surface area contributed by atoms with Gasteiger partial charge in [-0.2, -0.15) is 0 Å². The zero-order valence-electron chi connectivity index (χ0n) is 12.3. The fourth-order valence-corrected chi connectivity index (χ4v) is 2.61. The molecule has 1 unspecified atom stereocenters. The van der Waals surface area contributed by atoms with Crippen LogP contribution in [-0.2, 0) is 9.59 Å². The average Bonchev–Trinajstić information content (AvgIpc) is 2.53. The number of nitrogens with zero attached hydrogens (tertiary/aromatic N) is 1. The third-order valence-corrected chi connectivity index (χ3v) is 3.70. The number of hydrogen-bond acceptors (Lipinski definition) is 3. The van der Waals surface area contributed by atoms with Crippen molar-refractivity contribution in [1.82, 2.24) is 10.2 Å². The van der Waals surface area contributed by atoms with Crippen LogP contribution in [0.4, 0.5) is 4.39 Å². The molecule has 2 amide bonds. The molecule has 122 valence electrons. The molecular formula is C15H21ClFN3O2. The van der Waals surface area contributed by atoms with E-state index >= 15 is 0 Å². The summed E-state index contributed by atoms with van der Waals surface area (Å²) in [6.45, 7) is 0.474. The van der Waals surface area contributed by atoms with Crippen molar-refractivity contribution in [2.45, 2.75) is 25.3 Å². The second-order valence-corrected chi connectivity index (χ2v) is 5.13. The monoisotopic (exact) mass is 329 g/mol. The molecule has 1 aromatic rings. The molecule has 1 atom stereocenters. The molecule has 0 spiro atoms. The Labute approximate surface area is 135 Å². The highest BCUT2D eigenvalue weighted by atomic mass is 35.5. The molecule has 1 aromatic carbocycles. The molecule has 0 aromatic heterocycles. The van der Waals surface area contributed by atoms with Crippen LogP contribution in [0, 0.1) is 5.82 Å². The maximum Gasteiger partial charge on any atom is 0.242 e. The molecular weight excluding hydrogens is 309 g/mol. The Morgan fingerprint density at radius 1 is 1.27 bits per heavy atom. The van der Waals surface area contributed by atoms with Crippen molar-refractivity contribution in [1.29, 1.82) is 0 Å². The average molecular weight is 330 g/mol. The molecule has 3 N–H and O–H groups in total. The van der Waals surface area contributed by atoms with Crippen molar-refractivity contribution in [3.05, 3.63) is 35.6 Å². The molecule has 1 aliphatic heterocycles. The second kappa shape index (κ2) is 8.70. The lowest BCUT2D eigenvalue weighted by Crippen LogP contribution is -2.45. The molecule has 7 heteroatoms. The van der Waals surface area contributed by atoms with E-state index in [4.69, 9.17) is 5.73 Å². The lowest BCUT2D eigenvalue weighted by atomic mass is 9.95. The lowest BCUT2D eigenvalue weighted by molar-refractivity contribution is -0.136. The number of nitrogens with one attached hydrogen (secondary N) is 1. The van der Waals surface area contributed by atoms with Crippen LogP contribution in [0.25, 0.3) is 0 Å². The summed E-state index contributed by atoms with van der Waals surface area (Å²) in [6, 6.07) is 6.18. The number of halogens is 2. The Morgan fingerprint density at radius 3 is 2.59 bits per heavy atom. The van der Waals surface area contributed by atoms with E-state index in [1.807, 2.05) is 0 Å². The number of likely N-dealkylation sites (tertiary alicyclic amines) is 1. The van der Waals surface area contributed by atoms with Gasteiger partial charge in [0, 0.05) is 6.54 Å². The van der Waals surface area contributed by atoms with Gasteiger partial charge >= 0.3 is 0 Å². The SMILES string of the molecule is Cl.NCC(=O)NCC(=O)N1CCCCC1c1ccc(F)cc1. The molecule has 0 bridgehead atoms. The third-order valence-electron chi connectivity index (χ3n) is 3.70. The van der Waals surface area contributed by atoms with Gasteiger partial charge in [-0.05, 0) is 37.0 Å². The standard InChI is InChI=1S/C15H20FN3O2.ClH/c16-12-6-4-11(5-7-12)13-3-1-2-8-19(13)15(21)10-18-14(20)9-17;/h4-7,13H,1-3,8-10,17H2,(H,18,20);1H. The van der Waals surface area contributed by atoms with E-state index in [0.717, 1.165) is 24.8 Å². The normalized spacial score (nSPS) is 17.5. The van der Waals surface area contributed by atoms with Crippen molar-refractivity contribution in [2.24, 2.45) is 5.73 Å². The predicted octanol–water partition coefficient (Wildman–Crippen LogP) is 1.38. The molecule has 1 heterocycles. The smallest absolute Gasteiger partial charge is 0.242 e. The third kappa shape index (κ3) is 4.68. The Bertz CT molecular complexity index is 510. The zero-order chi connectivity index (χ0) is 15.2. The van der Waals surface area contributed by atoms with Crippen LogP contribution in [0.3, 0.4) is 0 Å². The lowest BCUT2D eigenvalue weighted by Gasteiger charge is -2.36. The van der Waals surface area contributed by atoms with Gasteiger partial charge in [0.05, 0.1) is 19.1 Å². The largest absolute Gasteiger partial charge is 0.346 e. The van der Waals surface area contributed by atoms with E-state index in [2.05, 4.69) is 5.32 Å². The molecule has 5 nitrogen and oxygen atoms in total. The fraction of sp³-hybridized carbons (Fsp3) is 0.467. The van der Waals surface area contributed by atoms with Gasteiger partial charge in [-0.1, -0.05) is 12.1 Å². The van der Waals surface area contributed by atoms with Gasteiger partial charge in [0.1, 0.15) is 5.82 Å². The van der Waals surface area contributed by atoms with Crippen molar-refractivity contribution in [3.63, 3.8) is 0 Å². The molecule has 2 rings (SSSR count). The van der Waals surface area contributed by atoms with Crippen LogP contribution in [-0.4, -0.2) is 36.3 Å². The Hall–Kier alpha value is -1.66. The summed E-state index contributed by atoms with van der Waals surface area (Å²) in [4.78, 5) is 25.2. The van der Waals surface area contributed by atoms with Gasteiger partial charge in [0.15, 0.2) is 0 Å². The Kier molecular flexibility index (Phi) is 7.27. The highest BCUT2D eigenvalue weighted by Crippen LogP contribution is 2.30. The van der Waals surface area contributed by atoms with Crippen molar-refractivity contribution in [2.75, 3.05) is 19.6 Å². The summed E-state index contributed by atoms with van der Waals surface area (Å²) in [5, 5.41) is 2.50. The fourth-order valence-electron chi connectivity index (χ4n) is 2.61. The highest BCUT2D eigenvalue weighted by Gasteiger charge is 2.27. The van der Waals surface area contributed by atoms with Crippen LogP contribution in [0.15, 0.2) is 24.3 Å². The number of hydrogen-bond donors (Lipinski definition) is 2. The number of carbonyl (C=O) groups excluding carboxylic acids is 2. The van der Waals surface area contributed by atoms with Crippen LogP contribution in [0.5, 0.6) is 0 Å². The first-order valence-electron chi connectivity index (χ1n) is 7.13. The van der Waals surface area contributed by atoms with Crippen molar-refractivity contribution < 1.29 is 14.0 Å². The van der Waals surface area contributed by atoms with Gasteiger partial charge in [0.25, 0.3) is 0 Å². The maximum absolute atomic E-state index is 13.0. The van der Waals surface area contributed by atoms with Gasteiger partial charge in [-0.3, -0.25) is 9.59 Å². The minimum atomic E-state index is -0.348. The number of nitrogens with two attached hydrogens (primary N) is 1. The number of carbonyl (C=O) groups is 2. The molecule has 0 saturated carbocycles. The Balaban J connectivity index is 0.00000242. The summed E-state index contributed by atoms with van der Waals surface area (Å²) >= 11 is 0. The highest BCUT2D eigenvalue weighted by molar-refractivity contribution is 5.86. The molecule has 1 saturated heterocycles. The predicted molar refractivity (Wildman–Crippen MR) is 84.0 cm³/mol. The zero-order valence-corrected chi connectivity index (χ0v) is 13.1. The number of benzene rings is 1. The van der Waals surface area contributed by atoms with Gasteiger partial charge < -0.3 is 16.0 Å². The summed E-state index contributed by atoms with van der Waals surface area (Å²) in [7, 11) is 0. The first-order chi connectivity index (χ1) is 10.1. The summed E-state index contributed by atoms with van der Waals surface area (Å²) in [5.74, 6) is -0.771. The molecule has 1 aliphatic rings. The van der Waals surface area contributed by atoms with E-state index in [1.54, 1.807) is 17.0 Å². The quantitative estimate of drug-likeness (QED) is 0.876. The van der Waals surface area contributed by atoms with Gasteiger partial charge in [0.2, 0.25) is 11.8 Å². The van der Waals surface area contributed by atoms with E-state index in [-0.39, 0.29) is 49.2 Å². The minimum absolute atomic E-state index is 0. The molecule has 1 fully saturated rings. The molecule has 0 aliphatic carbocycles. The number of piperidine rings is 1. The molecule has 22 heavy (non-hydrogen) atoms. The van der Waals surface area contributed by atoms with E-state index in [0.29, 0.717) is 6.54 Å². The van der Waals surface area contributed by atoms with E-state index in [1.165, 1.54) is 12.1 Å². The number of amides is 2. The van der Waals surface area contributed by atoms with E-state index < -0.39 is 0 Å². The minimum Gasteiger partial charge on any atom is -0.346 e. The van der Waals surface area contributed by atoms with Crippen LogP contribution >= 0.6 is 12.4 Å². The van der Waals surface area contributed by atoms with Crippen molar-refractivity contribution >= 4 is 24.2 Å². The van der Waals surface area contributed by atoms with Crippen LogP contribution in [0.2, 0.25) is 0 Å². The first kappa shape index (κ1) is 18.4. The Morgan fingerprint density at radius 2 is 1.95 bits per heavy atom. The van der Waals surface area contributed by atoms with Crippen LogP contribution in [0.1, 0.15) is 30.9 Å². The van der Waals surface area contributed by atoms with E-state index in [9.17, 15) is 14.0 Å². The summed E-state index contributed by atoms with van der Waals surface area (Å²) in [6.07, 6.45) is 2.82. The maximum atomic E-state index is 13.0. The summed E-state index contributed by atoms with van der Waals surface area (Å²) < 4.78 is 13.0. The van der Waals surface area contributed by atoms with Crippen molar-refractivity contribution in [3.8, 4) is 0 Å².